The average molecular weight is 376 g/mol. The second kappa shape index (κ2) is 7.30. The Kier molecular flexibility index (Phi) is 5.27. The summed E-state index contributed by atoms with van der Waals surface area (Å²) in [5.41, 5.74) is 0.830. The third-order valence-electron chi connectivity index (χ3n) is 4.53. The molecule has 1 aromatic heterocycles. The Labute approximate surface area is 154 Å². The van der Waals surface area contributed by atoms with Gasteiger partial charge >= 0.3 is 0 Å². The summed E-state index contributed by atoms with van der Waals surface area (Å²) in [5, 5.41) is 4.43. The number of hydrogen-bond acceptors (Lipinski definition) is 5. The van der Waals surface area contributed by atoms with Crippen LogP contribution >= 0.6 is 0 Å². The van der Waals surface area contributed by atoms with E-state index in [0.29, 0.717) is 36.3 Å². The van der Waals surface area contributed by atoms with Gasteiger partial charge in [0.1, 0.15) is 0 Å². The molecule has 1 atom stereocenters. The second-order valence-electron chi connectivity index (χ2n) is 6.96. The third-order valence-corrected chi connectivity index (χ3v) is 6.44. The normalized spacial score (nSPS) is 18.5. The molecule has 3 rings (SSSR count). The molecule has 1 aliphatic heterocycles. The van der Waals surface area contributed by atoms with E-state index < -0.39 is 10.0 Å². The topological polar surface area (TPSA) is 82.6 Å². The Morgan fingerprint density at radius 3 is 2.85 bits per heavy atom. The standard InChI is InChI=1S/C18H24N4O3S/c1-13-9-19-10-14-5-4-6-16(18(13)14)26(24,25)22-8-7-15(11-22)20-17(23)12-21(2)3/h4-6,9-10,15H,7-8,11-12H2,1-3H3,(H,20,23). The lowest BCUT2D eigenvalue weighted by molar-refractivity contribution is -0.122. The zero-order chi connectivity index (χ0) is 18.9. The van der Waals surface area contributed by atoms with E-state index in [2.05, 4.69) is 10.3 Å². The first-order valence-electron chi connectivity index (χ1n) is 8.56. The predicted molar refractivity (Wildman–Crippen MR) is 100 cm³/mol. The molecule has 1 unspecified atom stereocenters. The zero-order valence-electron chi connectivity index (χ0n) is 15.3. The van der Waals surface area contributed by atoms with Gasteiger partial charge in [0.05, 0.1) is 11.4 Å². The maximum Gasteiger partial charge on any atom is 0.243 e. The van der Waals surface area contributed by atoms with Crippen molar-refractivity contribution in [1.82, 2.24) is 19.5 Å². The lowest BCUT2D eigenvalue weighted by atomic mass is 10.1. The van der Waals surface area contributed by atoms with E-state index >= 15 is 0 Å². The van der Waals surface area contributed by atoms with Gasteiger partial charge in [-0.15, -0.1) is 0 Å². The zero-order valence-corrected chi connectivity index (χ0v) is 16.1. The van der Waals surface area contributed by atoms with Crippen molar-refractivity contribution in [3.05, 3.63) is 36.2 Å². The van der Waals surface area contributed by atoms with Gasteiger partial charge in [-0.05, 0) is 39.1 Å². The van der Waals surface area contributed by atoms with Gasteiger partial charge in [0.2, 0.25) is 15.9 Å². The molecule has 0 spiro atoms. The van der Waals surface area contributed by atoms with Crippen LogP contribution in [0.1, 0.15) is 12.0 Å². The van der Waals surface area contributed by atoms with Gasteiger partial charge < -0.3 is 10.2 Å². The third kappa shape index (κ3) is 3.72. The molecule has 140 valence electrons. The molecule has 0 aliphatic carbocycles. The predicted octanol–water partition coefficient (Wildman–Crippen LogP) is 0.984. The molecule has 2 heterocycles. The first kappa shape index (κ1) is 18.8. The summed E-state index contributed by atoms with van der Waals surface area (Å²) in [6, 6.07) is 5.09. The van der Waals surface area contributed by atoms with E-state index in [-0.39, 0.29) is 11.9 Å². The van der Waals surface area contributed by atoms with Gasteiger partial charge in [0, 0.05) is 42.3 Å². The first-order valence-corrected chi connectivity index (χ1v) is 10.0. The van der Waals surface area contributed by atoms with Gasteiger partial charge in [-0.25, -0.2) is 8.42 Å². The molecule has 26 heavy (non-hydrogen) atoms. The molecule has 0 saturated carbocycles. The average Bonchev–Trinajstić information content (AvgIpc) is 3.03. The quantitative estimate of drug-likeness (QED) is 0.841. The number of hydrogen-bond donors (Lipinski definition) is 1. The van der Waals surface area contributed by atoms with E-state index in [1.54, 1.807) is 29.4 Å². The monoisotopic (exact) mass is 376 g/mol. The van der Waals surface area contributed by atoms with Crippen LogP contribution in [0.25, 0.3) is 10.8 Å². The summed E-state index contributed by atoms with van der Waals surface area (Å²) in [6.45, 7) is 2.85. The van der Waals surface area contributed by atoms with Crippen LogP contribution in [-0.4, -0.2) is 68.3 Å². The smallest absolute Gasteiger partial charge is 0.243 e. The molecule has 1 fully saturated rings. The van der Waals surface area contributed by atoms with Crippen molar-refractivity contribution in [3.63, 3.8) is 0 Å². The van der Waals surface area contributed by atoms with Crippen molar-refractivity contribution in [2.45, 2.75) is 24.3 Å². The van der Waals surface area contributed by atoms with E-state index in [4.69, 9.17) is 0 Å². The van der Waals surface area contributed by atoms with Gasteiger partial charge in [-0.2, -0.15) is 4.31 Å². The van der Waals surface area contributed by atoms with Gasteiger partial charge in [-0.3, -0.25) is 9.78 Å². The summed E-state index contributed by atoms with van der Waals surface area (Å²) in [7, 11) is 0.00851. The number of benzene rings is 1. The fourth-order valence-corrected chi connectivity index (χ4v) is 5.14. The first-order chi connectivity index (χ1) is 12.3. The molecule has 2 aromatic rings. The van der Waals surface area contributed by atoms with Crippen LogP contribution in [0.4, 0.5) is 0 Å². The molecule has 1 aliphatic rings. The number of likely N-dealkylation sites (N-methyl/N-ethyl adjacent to an activating group) is 1. The van der Waals surface area contributed by atoms with Crippen LogP contribution in [0.3, 0.4) is 0 Å². The maximum atomic E-state index is 13.2. The molecule has 0 bridgehead atoms. The number of carbonyl (C=O) groups is 1. The van der Waals surface area contributed by atoms with Crippen molar-refractivity contribution in [1.29, 1.82) is 0 Å². The minimum absolute atomic E-state index is 0.0914. The Hall–Kier alpha value is -2.03. The molecule has 7 nitrogen and oxygen atoms in total. The summed E-state index contributed by atoms with van der Waals surface area (Å²) < 4.78 is 27.8. The fraction of sp³-hybridized carbons (Fsp3) is 0.444. The lowest BCUT2D eigenvalue weighted by Gasteiger charge is -2.19. The molecule has 1 amide bonds. The van der Waals surface area contributed by atoms with Crippen molar-refractivity contribution in [3.8, 4) is 0 Å². The lowest BCUT2D eigenvalue weighted by Crippen LogP contribution is -2.42. The van der Waals surface area contributed by atoms with Crippen molar-refractivity contribution in [2.24, 2.45) is 0 Å². The highest BCUT2D eigenvalue weighted by Gasteiger charge is 2.34. The SMILES string of the molecule is Cc1cncc2cccc(S(=O)(=O)N3CCC(NC(=O)CN(C)C)C3)c12. The van der Waals surface area contributed by atoms with Crippen LogP contribution in [0.2, 0.25) is 0 Å². The van der Waals surface area contributed by atoms with Gasteiger partial charge in [0.25, 0.3) is 0 Å². The van der Waals surface area contributed by atoms with E-state index in [1.807, 2.05) is 27.1 Å². The number of pyridine rings is 1. The largest absolute Gasteiger partial charge is 0.351 e. The number of rotatable bonds is 5. The summed E-state index contributed by atoms with van der Waals surface area (Å²) >= 11 is 0. The van der Waals surface area contributed by atoms with Crippen molar-refractivity contribution >= 4 is 26.7 Å². The fourth-order valence-electron chi connectivity index (χ4n) is 3.35. The number of aryl methyl sites for hydroxylation is 1. The Morgan fingerprint density at radius 1 is 1.35 bits per heavy atom. The number of sulfonamides is 1. The van der Waals surface area contributed by atoms with Crippen LogP contribution < -0.4 is 5.32 Å². The van der Waals surface area contributed by atoms with Crippen molar-refractivity contribution in [2.75, 3.05) is 33.7 Å². The second-order valence-corrected chi connectivity index (χ2v) is 8.87. The maximum absolute atomic E-state index is 13.2. The minimum Gasteiger partial charge on any atom is -0.351 e. The van der Waals surface area contributed by atoms with E-state index in [1.165, 1.54) is 4.31 Å². The Bertz CT molecular complexity index is 922. The number of aromatic nitrogens is 1. The summed E-state index contributed by atoms with van der Waals surface area (Å²) in [5.74, 6) is -0.0914. The highest BCUT2D eigenvalue weighted by atomic mass is 32.2. The molecule has 8 heteroatoms. The highest BCUT2D eigenvalue weighted by molar-refractivity contribution is 7.89. The van der Waals surface area contributed by atoms with E-state index in [9.17, 15) is 13.2 Å². The number of amides is 1. The Morgan fingerprint density at radius 2 is 2.12 bits per heavy atom. The number of carbonyl (C=O) groups excluding carboxylic acids is 1. The number of fused-ring (bicyclic) bond motifs is 1. The molecule has 1 aromatic carbocycles. The van der Waals surface area contributed by atoms with Gasteiger partial charge in [-0.1, -0.05) is 12.1 Å². The van der Waals surface area contributed by atoms with Crippen molar-refractivity contribution < 1.29 is 13.2 Å². The molecule has 0 radical (unpaired) electrons. The van der Waals surface area contributed by atoms with Crippen LogP contribution in [0, 0.1) is 6.92 Å². The summed E-state index contributed by atoms with van der Waals surface area (Å²) in [6.07, 6.45) is 3.97. The van der Waals surface area contributed by atoms with Crippen LogP contribution in [0.5, 0.6) is 0 Å². The Balaban J connectivity index is 1.83. The molecular formula is C18H24N4O3S. The highest BCUT2D eigenvalue weighted by Crippen LogP contribution is 2.29. The van der Waals surface area contributed by atoms with Crippen LogP contribution in [-0.2, 0) is 14.8 Å². The molecule has 1 saturated heterocycles. The molecule has 1 N–H and O–H groups in total. The summed E-state index contributed by atoms with van der Waals surface area (Å²) in [4.78, 5) is 18.2. The van der Waals surface area contributed by atoms with Crippen LogP contribution in [0.15, 0.2) is 35.5 Å². The minimum atomic E-state index is -3.64. The molecular weight excluding hydrogens is 352 g/mol. The number of nitrogens with one attached hydrogen (secondary N) is 1. The van der Waals surface area contributed by atoms with Gasteiger partial charge in [0.15, 0.2) is 0 Å². The number of nitrogens with zero attached hydrogens (tertiary/aromatic N) is 3. The van der Waals surface area contributed by atoms with E-state index in [0.717, 1.165) is 10.9 Å².